The van der Waals surface area contributed by atoms with Crippen LogP contribution in [0.5, 0.6) is 5.75 Å². The normalized spacial score (nSPS) is 21.6. The number of rotatable bonds is 4. The van der Waals surface area contributed by atoms with Crippen LogP contribution < -0.4 is 0 Å². The highest BCUT2D eigenvalue weighted by molar-refractivity contribution is 6.17. The molecule has 3 nitrogen and oxygen atoms in total. The average molecular weight is 273 g/mol. The summed E-state index contributed by atoms with van der Waals surface area (Å²) in [5.41, 5.74) is 0.000330. The van der Waals surface area contributed by atoms with E-state index in [1.807, 2.05) is 31.1 Å². The fourth-order valence-corrected chi connectivity index (χ4v) is 3.35. The molecule has 0 heterocycles. The van der Waals surface area contributed by atoms with Crippen LogP contribution in [0.1, 0.15) is 37.7 Å². The number of hydrogen-bond donors (Lipinski definition) is 2. The first-order chi connectivity index (χ1) is 9.37. The second-order valence-corrected chi connectivity index (χ2v) is 6.35. The minimum absolute atomic E-state index is 0.219. The van der Waals surface area contributed by atoms with Crippen LogP contribution >= 0.6 is 0 Å². The number of hydrogen-bond acceptors (Lipinski definition) is 3. The zero-order valence-corrected chi connectivity index (χ0v) is 12.5. The van der Waals surface area contributed by atoms with Crippen molar-refractivity contribution in [2.75, 3.05) is 20.6 Å². The van der Waals surface area contributed by atoms with Gasteiger partial charge >= 0.3 is 0 Å². The highest BCUT2D eigenvalue weighted by atomic mass is 16.3. The third kappa shape index (κ3) is 2.86. The lowest BCUT2D eigenvalue weighted by Crippen LogP contribution is -2.58. The zero-order valence-electron chi connectivity index (χ0n) is 12.5. The molecule has 108 valence electrons. The third-order valence-corrected chi connectivity index (χ3v) is 4.46. The van der Waals surface area contributed by atoms with Gasteiger partial charge in [-0.05, 0) is 49.9 Å². The first kappa shape index (κ1) is 15.4. The van der Waals surface area contributed by atoms with Gasteiger partial charge in [0.25, 0.3) is 0 Å². The molecule has 0 saturated heterocycles. The standard InChI is InChI=1S/C16H24BNO2/c1-18(2)12-16(17,13-6-8-14(19)9-7-13)15(20)10-4-3-5-11-15/h6-9,19-20H,3-5,10-12H2,1-2H3. The molecule has 1 atom stereocenters. The average Bonchev–Trinajstić information content (AvgIpc) is 2.39. The molecule has 0 aromatic heterocycles. The van der Waals surface area contributed by atoms with Crippen LogP contribution in [0.3, 0.4) is 0 Å². The molecule has 2 rings (SSSR count). The Morgan fingerprint density at radius 2 is 1.70 bits per heavy atom. The van der Waals surface area contributed by atoms with Gasteiger partial charge in [0.15, 0.2) is 0 Å². The SMILES string of the molecule is [B]C(CN(C)C)(c1ccc(O)cc1)C1(O)CCCCC1. The molecule has 1 aromatic rings. The molecule has 1 aliphatic carbocycles. The monoisotopic (exact) mass is 273 g/mol. The van der Waals surface area contributed by atoms with E-state index in [0.717, 1.165) is 37.7 Å². The molecule has 20 heavy (non-hydrogen) atoms. The summed E-state index contributed by atoms with van der Waals surface area (Å²) in [5, 5.41) is 19.8. The molecule has 2 N–H and O–H groups in total. The van der Waals surface area contributed by atoms with Gasteiger partial charge in [0, 0.05) is 6.54 Å². The lowest BCUT2D eigenvalue weighted by molar-refractivity contribution is -0.0448. The van der Waals surface area contributed by atoms with Gasteiger partial charge in [-0.3, -0.25) is 0 Å². The second kappa shape index (κ2) is 5.78. The molecule has 1 unspecified atom stereocenters. The van der Waals surface area contributed by atoms with Crippen LogP contribution in [0.25, 0.3) is 0 Å². The molecule has 1 aliphatic rings. The van der Waals surface area contributed by atoms with E-state index < -0.39 is 10.9 Å². The smallest absolute Gasteiger partial charge is 0.115 e. The first-order valence-corrected chi connectivity index (χ1v) is 7.33. The highest BCUT2D eigenvalue weighted by Crippen LogP contribution is 2.43. The van der Waals surface area contributed by atoms with Gasteiger partial charge in [0.2, 0.25) is 0 Å². The Morgan fingerprint density at radius 3 is 2.20 bits per heavy atom. The molecular weight excluding hydrogens is 249 g/mol. The van der Waals surface area contributed by atoms with Crippen molar-refractivity contribution in [3.63, 3.8) is 0 Å². The molecule has 0 amide bonds. The van der Waals surface area contributed by atoms with Crippen LogP contribution in [-0.2, 0) is 5.31 Å². The molecule has 0 spiro atoms. The Morgan fingerprint density at radius 1 is 1.15 bits per heavy atom. The summed E-state index contributed by atoms with van der Waals surface area (Å²) in [6, 6.07) is 6.92. The van der Waals surface area contributed by atoms with Crippen LogP contribution in [0, 0.1) is 0 Å². The minimum atomic E-state index is -0.882. The van der Waals surface area contributed by atoms with Crippen molar-refractivity contribution < 1.29 is 10.2 Å². The van der Waals surface area contributed by atoms with Crippen molar-refractivity contribution in [1.29, 1.82) is 0 Å². The summed E-state index contributed by atoms with van der Waals surface area (Å²) < 4.78 is 0. The van der Waals surface area contributed by atoms with E-state index in [1.54, 1.807) is 12.1 Å². The lowest BCUT2D eigenvalue weighted by Gasteiger charge is -2.49. The molecule has 1 saturated carbocycles. The van der Waals surface area contributed by atoms with E-state index in [9.17, 15) is 10.2 Å². The van der Waals surface area contributed by atoms with Crippen molar-refractivity contribution in [2.24, 2.45) is 0 Å². The number of nitrogens with zero attached hydrogens (tertiary/aromatic N) is 1. The van der Waals surface area contributed by atoms with Crippen molar-refractivity contribution >= 4 is 7.85 Å². The number of phenols is 1. The summed E-state index contributed by atoms with van der Waals surface area (Å²) in [6.45, 7) is 0.578. The van der Waals surface area contributed by atoms with Gasteiger partial charge in [-0.25, -0.2) is 0 Å². The molecule has 4 heteroatoms. The molecule has 1 fully saturated rings. The summed E-state index contributed by atoms with van der Waals surface area (Å²) in [5.74, 6) is 0.219. The summed E-state index contributed by atoms with van der Waals surface area (Å²) in [6.07, 6.45) is 4.66. The maximum absolute atomic E-state index is 11.1. The summed E-state index contributed by atoms with van der Waals surface area (Å²) in [4.78, 5) is 2.01. The van der Waals surface area contributed by atoms with Crippen molar-refractivity contribution in [3.8, 4) is 5.75 Å². The van der Waals surface area contributed by atoms with Gasteiger partial charge in [-0.2, -0.15) is 0 Å². The van der Waals surface area contributed by atoms with Crippen molar-refractivity contribution in [1.82, 2.24) is 4.90 Å². The molecular formula is C16H24BNO2. The number of aliphatic hydroxyl groups is 1. The summed E-state index contributed by atoms with van der Waals surface area (Å²) >= 11 is 0. The molecule has 0 bridgehead atoms. The second-order valence-electron chi connectivity index (χ2n) is 6.35. The number of benzene rings is 1. The quantitative estimate of drug-likeness (QED) is 0.825. The van der Waals surface area contributed by atoms with E-state index in [4.69, 9.17) is 7.85 Å². The third-order valence-electron chi connectivity index (χ3n) is 4.46. The predicted octanol–water partition coefficient (Wildman–Crippen LogP) is 2.01. The van der Waals surface area contributed by atoms with E-state index >= 15 is 0 Å². The van der Waals surface area contributed by atoms with Crippen LogP contribution in [0.2, 0.25) is 0 Å². The van der Waals surface area contributed by atoms with E-state index in [0.29, 0.717) is 6.54 Å². The Labute approximate surface area is 123 Å². The molecule has 1 aromatic carbocycles. The maximum atomic E-state index is 11.1. The fourth-order valence-electron chi connectivity index (χ4n) is 3.35. The number of phenolic OH excluding ortho intramolecular Hbond substituents is 1. The maximum Gasteiger partial charge on any atom is 0.115 e. The predicted molar refractivity (Wildman–Crippen MR) is 82.1 cm³/mol. The zero-order chi connectivity index (χ0) is 14.8. The van der Waals surface area contributed by atoms with Crippen LogP contribution in [0.15, 0.2) is 24.3 Å². The topological polar surface area (TPSA) is 43.7 Å². The van der Waals surface area contributed by atoms with Gasteiger partial charge in [0.1, 0.15) is 5.75 Å². The first-order valence-electron chi connectivity index (χ1n) is 7.33. The van der Waals surface area contributed by atoms with Gasteiger partial charge in [-0.15, -0.1) is 0 Å². The van der Waals surface area contributed by atoms with E-state index in [2.05, 4.69) is 0 Å². The van der Waals surface area contributed by atoms with Gasteiger partial charge in [0.05, 0.1) is 13.4 Å². The van der Waals surface area contributed by atoms with Crippen molar-refractivity contribution in [3.05, 3.63) is 29.8 Å². The highest BCUT2D eigenvalue weighted by Gasteiger charge is 2.47. The van der Waals surface area contributed by atoms with E-state index in [-0.39, 0.29) is 5.75 Å². The molecule has 0 aliphatic heterocycles. The van der Waals surface area contributed by atoms with Crippen LogP contribution in [0.4, 0.5) is 0 Å². The molecule has 2 radical (unpaired) electrons. The number of likely N-dealkylation sites (N-methyl/N-ethyl adjacent to an activating group) is 1. The van der Waals surface area contributed by atoms with Gasteiger partial charge < -0.3 is 15.1 Å². The number of aromatic hydroxyl groups is 1. The Balaban J connectivity index is 2.41. The van der Waals surface area contributed by atoms with Crippen molar-refractivity contribution in [2.45, 2.75) is 43.0 Å². The largest absolute Gasteiger partial charge is 0.508 e. The summed E-state index contributed by atoms with van der Waals surface area (Å²) in [7, 11) is 10.6. The minimum Gasteiger partial charge on any atom is -0.508 e. The Kier molecular flexibility index (Phi) is 4.45. The fraction of sp³-hybridized carbons (Fsp3) is 0.625. The Hall–Kier alpha value is -0.995. The van der Waals surface area contributed by atoms with Gasteiger partial charge in [-0.1, -0.05) is 31.4 Å². The Bertz CT molecular complexity index is 440. The lowest BCUT2D eigenvalue weighted by atomic mass is 9.51. The van der Waals surface area contributed by atoms with E-state index in [1.165, 1.54) is 0 Å². The van der Waals surface area contributed by atoms with Crippen LogP contribution in [-0.4, -0.2) is 49.2 Å².